The Hall–Kier alpha value is -1.71. The van der Waals surface area contributed by atoms with E-state index in [2.05, 4.69) is 24.6 Å². The van der Waals surface area contributed by atoms with Gasteiger partial charge in [0.25, 0.3) is 0 Å². The van der Waals surface area contributed by atoms with E-state index in [-0.39, 0.29) is 16.9 Å². The van der Waals surface area contributed by atoms with Crippen LogP contribution in [0.5, 0.6) is 0 Å². The number of likely N-dealkylation sites (N-methyl/N-ethyl adjacent to an activating group) is 1. The minimum Gasteiger partial charge on any atom is -0.386 e. The first-order chi connectivity index (χ1) is 12.0. The monoisotopic (exact) mass is 341 g/mol. The number of aliphatic hydroxyl groups excluding tert-OH is 1. The van der Waals surface area contributed by atoms with Crippen LogP contribution in [0.4, 0.5) is 4.39 Å². The zero-order valence-electron chi connectivity index (χ0n) is 15.2. The summed E-state index contributed by atoms with van der Waals surface area (Å²) in [7, 11) is 2.12. The van der Waals surface area contributed by atoms with Crippen LogP contribution in [0, 0.1) is 5.82 Å². The topological polar surface area (TPSA) is 23.5 Å². The summed E-state index contributed by atoms with van der Waals surface area (Å²) < 4.78 is 13.6. The lowest BCUT2D eigenvalue weighted by Crippen LogP contribution is -2.47. The van der Waals surface area contributed by atoms with E-state index in [1.165, 1.54) is 17.7 Å². The molecule has 0 unspecified atom stereocenters. The number of nitrogens with zero attached hydrogens (tertiary/aromatic N) is 1. The fourth-order valence-corrected chi connectivity index (χ4v) is 4.83. The van der Waals surface area contributed by atoms with Crippen LogP contribution in [0.1, 0.15) is 50.7 Å². The van der Waals surface area contributed by atoms with Crippen LogP contribution in [-0.4, -0.2) is 28.1 Å². The van der Waals surface area contributed by atoms with Crippen LogP contribution in [0.15, 0.2) is 60.7 Å². The molecule has 2 heterocycles. The molecule has 2 saturated heterocycles. The number of rotatable bonds is 6. The molecule has 2 aliphatic heterocycles. The number of benzene rings is 1. The molecule has 0 aliphatic carbocycles. The van der Waals surface area contributed by atoms with Gasteiger partial charge in [-0.25, -0.2) is 4.39 Å². The van der Waals surface area contributed by atoms with Crippen molar-refractivity contribution in [1.82, 2.24) is 4.90 Å². The van der Waals surface area contributed by atoms with Gasteiger partial charge >= 0.3 is 0 Å². The standard InChI is InChI=1S/C22H28FNO/c1-4-6-8-17(5-2)16-21-11-13-22(14-12-21,24(21)3)20(25)18-9-7-10-19(23)15-18/h4-10,15,20,25H,2,11-14,16H2,1,3H3/b6-4-,17-8+/t20-,21?,22?/m0/s1. The second kappa shape index (κ2) is 6.89. The predicted molar refractivity (Wildman–Crippen MR) is 101 cm³/mol. The Morgan fingerprint density at radius 3 is 2.68 bits per heavy atom. The van der Waals surface area contributed by atoms with Crippen LogP contribution in [0.2, 0.25) is 0 Å². The summed E-state index contributed by atoms with van der Waals surface area (Å²) in [5.41, 5.74) is 1.68. The fourth-order valence-electron chi connectivity index (χ4n) is 4.83. The van der Waals surface area contributed by atoms with Gasteiger partial charge in [0.15, 0.2) is 0 Å². The highest BCUT2D eigenvalue weighted by Gasteiger charge is 2.61. The number of halogens is 1. The van der Waals surface area contributed by atoms with Crippen LogP contribution in [0.3, 0.4) is 0 Å². The van der Waals surface area contributed by atoms with Crippen LogP contribution in [-0.2, 0) is 0 Å². The van der Waals surface area contributed by atoms with Gasteiger partial charge in [-0.2, -0.15) is 0 Å². The molecular formula is C22H28FNO. The molecule has 2 fully saturated rings. The van der Waals surface area contributed by atoms with Crippen molar-refractivity contribution < 1.29 is 9.50 Å². The quantitative estimate of drug-likeness (QED) is 0.741. The lowest BCUT2D eigenvalue weighted by atomic mass is 9.76. The number of aliphatic hydroxyl groups is 1. The molecule has 25 heavy (non-hydrogen) atoms. The molecule has 1 atom stereocenters. The van der Waals surface area contributed by atoms with Crippen molar-refractivity contribution in [2.45, 2.75) is 56.2 Å². The molecule has 1 aromatic rings. The SMILES string of the molecule is C=C/C(=C\C=C/C)CC12CCC([C@@H](O)c3cccc(F)c3)(CC1)N2C. The summed E-state index contributed by atoms with van der Waals surface area (Å²) >= 11 is 0. The van der Waals surface area contributed by atoms with Crippen molar-refractivity contribution in [3.63, 3.8) is 0 Å². The van der Waals surface area contributed by atoms with Crippen molar-refractivity contribution in [1.29, 1.82) is 0 Å². The van der Waals surface area contributed by atoms with E-state index in [1.807, 2.05) is 31.2 Å². The van der Waals surface area contributed by atoms with E-state index < -0.39 is 6.10 Å². The van der Waals surface area contributed by atoms with E-state index in [9.17, 15) is 9.50 Å². The normalized spacial score (nSPS) is 31.0. The maximum atomic E-state index is 13.6. The maximum Gasteiger partial charge on any atom is 0.123 e. The summed E-state index contributed by atoms with van der Waals surface area (Å²) in [4.78, 5) is 2.38. The Bertz CT molecular complexity index is 698. The van der Waals surface area contributed by atoms with Crippen molar-refractivity contribution in [2.75, 3.05) is 7.05 Å². The molecule has 1 N–H and O–H groups in total. The number of hydrogen-bond donors (Lipinski definition) is 1. The molecule has 0 spiro atoms. The highest BCUT2D eigenvalue weighted by atomic mass is 19.1. The Labute approximate surface area is 150 Å². The number of allylic oxidation sites excluding steroid dienone is 4. The summed E-state index contributed by atoms with van der Waals surface area (Å²) in [5, 5.41) is 11.1. The molecular weight excluding hydrogens is 313 g/mol. The molecule has 2 bridgehead atoms. The minimum atomic E-state index is -0.663. The summed E-state index contributed by atoms with van der Waals surface area (Å²) in [5.74, 6) is -0.291. The third kappa shape index (κ3) is 3.00. The molecule has 3 rings (SSSR count). The van der Waals surface area contributed by atoms with Gasteiger partial charge in [-0.1, -0.05) is 43.0 Å². The van der Waals surface area contributed by atoms with E-state index in [4.69, 9.17) is 0 Å². The molecule has 1 aromatic carbocycles. The third-order valence-corrected chi connectivity index (χ3v) is 6.40. The molecule has 2 nitrogen and oxygen atoms in total. The Kier molecular flexibility index (Phi) is 4.99. The van der Waals surface area contributed by atoms with Crippen molar-refractivity contribution in [3.05, 3.63) is 72.1 Å². The highest BCUT2D eigenvalue weighted by molar-refractivity contribution is 5.31. The zero-order chi connectivity index (χ0) is 18.1. The lowest BCUT2D eigenvalue weighted by molar-refractivity contribution is 0.00217. The summed E-state index contributed by atoms with van der Waals surface area (Å²) in [6.07, 6.45) is 12.4. The van der Waals surface area contributed by atoms with Gasteiger partial charge in [0, 0.05) is 5.54 Å². The first-order valence-corrected chi connectivity index (χ1v) is 9.09. The molecule has 2 aliphatic rings. The second-order valence-electron chi connectivity index (χ2n) is 7.49. The van der Waals surface area contributed by atoms with Crippen molar-refractivity contribution in [2.24, 2.45) is 0 Å². The van der Waals surface area contributed by atoms with Gasteiger partial charge in [-0.3, -0.25) is 4.90 Å². The number of fused-ring (bicyclic) bond motifs is 2. The fraction of sp³-hybridized carbons (Fsp3) is 0.455. The number of hydrogen-bond acceptors (Lipinski definition) is 2. The predicted octanol–water partition coefficient (Wildman–Crippen LogP) is 4.93. The summed E-state index contributed by atoms with van der Waals surface area (Å²) in [6, 6.07) is 6.40. The first-order valence-electron chi connectivity index (χ1n) is 9.09. The largest absolute Gasteiger partial charge is 0.386 e. The van der Waals surface area contributed by atoms with Gasteiger partial charge in [0.2, 0.25) is 0 Å². The molecule has 3 heteroatoms. The minimum absolute atomic E-state index is 0.0654. The Balaban J connectivity index is 1.86. The third-order valence-electron chi connectivity index (χ3n) is 6.40. The highest BCUT2D eigenvalue weighted by Crippen LogP contribution is 2.59. The van der Waals surface area contributed by atoms with Crippen molar-refractivity contribution in [3.8, 4) is 0 Å². The average molecular weight is 341 g/mol. The second-order valence-corrected chi connectivity index (χ2v) is 7.49. The lowest BCUT2D eigenvalue weighted by Gasteiger charge is -2.39. The van der Waals surface area contributed by atoms with Crippen LogP contribution < -0.4 is 0 Å². The molecule has 0 amide bonds. The van der Waals surface area contributed by atoms with Gasteiger partial charge in [-0.05, 0) is 69.3 Å². The van der Waals surface area contributed by atoms with E-state index in [0.29, 0.717) is 5.56 Å². The van der Waals surface area contributed by atoms with Crippen LogP contribution in [0.25, 0.3) is 0 Å². The summed E-state index contributed by atoms with van der Waals surface area (Å²) in [6.45, 7) is 5.97. The Morgan fingerprint density at radius 2 is 2.08 bits per heavy atom. The van der Waals surface area contributed by atoms with Gasteiger partial charge < -0.3 is 5.11 Å². The van der Waals surface area contributed by atoms with E-state index in [1.54, 1.807) is 6.07 Å². The molecule has 0 radical (unpaired) electrons. The van der Waals surface area contributed by atoms with Gasteiger partial charge in [0.1, 0.15) is 5.82 Å². The smallest absolute Gasteiger partial charge is 0.123 e. The van der Waals surface area contributed by atoms with Crippen LogP contribution >= 0.6 is 0 Å². The van der Waals surface area contributed by atoms with Crippen molar-refractivity contribution >= 4 is 0 Å². The molecule has 0 aromatic heterocycles. The Morgan fingerprint density at radius 1 is 1.36 bits per heavy atom. The first kappa shape index (κ1) is 18.1. The molecule has 134 valence electrons. The van der Waals surface area contributed by atoms with E-state index >= 15 is 0 Å². The maximum absolute atomic E-state index is 13.6. The van der Waals surface area contributed by atoms with Gasteiger partial charge in [0.05, 0.1) is 11.6 Å². The van der Waals surface area contributed by atoms with Gasteiger partial charge in [-0.15, -0.1) is 0 Å². The zero-order valence-corrected chi connectivity index (χ0v) is 15.2. The molecule has 0 saturated carbocycles. The average Bonchev–Trinajstić information content (AvgIpc) is 3.06. The van der Waals surface area contributed by atoms with E-state index in [0.717, 1.165) is 32.1 Å².